The monoisotopic (exact) mass is 667 g/mol. The Morgan fingerprint density at radius 2 is 1.81 bits per heavy atom. The molecular weight excluding hydrogens is 623 g/mol. The quantitative estimate of drug-likeness (QED) is 0.196. The molecule has 8 heteroatoms. The molecule has 2 N–H and O–H groups in total. The van der Waals surface area contributed by atoms with Crippen LogP contribution in [0.1, 0.15) is 81.5 Å². The minimum absolute atomic E-state index is 0.0178. The molecule has 0 saturated carbocycles. The number of anilines is 1. The smallest absolute Gasteiger partial charge is 0.307 e. The van der Waals surface area contributed by atoms with Crippen molar-refractivity contribution in [2.24, 2.45) is 0 Å². The molecule has 252 valence electrons. The molecular formula is C40H45NO6S. The molecule has 3 unspecified atom stereocenters. The summed E-state index contributed by atoms with van der Waals surface area (Å²) in [5.41, 5.74) is 9.24. The van der Waals surface area contributed by atoms with Gasteiger partial charge in [-0.2, -0.15) is 8.42 Å². The van der Waals surface area contributed by atoms with E-state index >= 15 is 0 Å². The van der Waals surface area contributed by atoms with Gasteiger partial charge in [0.1, 0.15) is 0 Å². The third-order valence-corrected chi connectivity index (χ3v) is 12.1. The van der Waals surface area contributed by atoms with E-state index in [1.807, 2.05) is 6.07 Å². The van der Waals surface area contributed by atoms with Gasteiger partial charge in [0.15, 0.2) is 0 Å². The Bertz CT molecular complexity index is 2010. The SMILES string of the molecule is C=C1C2=CC3=C4N(CCC3OC2CCCc2ccc(CC(=O)O)cc2C1(C)C)c1c(ccc2ccccc12)C4(C)CCCCS(=O)(=O)O. The van der Waals surface area contributed by atoms with Crippen molar-refractivity contribution in [3.05, 3.63) is 112 Å². The lowest BCUT2D eigenvalue weighted by atomic mass is 9.70. The van der Waals surface area contributed by atoms with E-state index in [4.69, 9.17) is 11.3 Å². The number of hydrogen-bond donors (Lipinski definition) is 2. The molecule has 0 radical (unpaired) electrons. The molecule has 3 aromatic rings. The van der Waals surface area contributed by atoms with Crippen LogP contribution in [0.3, 0.4) is 0 Å². The van der Waals surface area contributed by atoms with Gasteiger partial charge in [0.05, 0.1) is 30.1 Å². The van der Waals surface area contributed by atoms with Crippen molar-refractivity contribution in [3.8, 4) is 0 Å². The fourth-order valence-corrected chi connectivity index (χ4v) is 9.41. The molecule has 7 rings (SSSR count). The summed E-state index contributed by atoms with van der Waals surface area (Å²) in [5.74, 6) is -1.09. The third kappa shape index (κ3) is 5.61. The van der Waals surface area contributed by atoms with E-state index in [9.17, 15) is 22.9 Å². The molecule has 7 nitrogen and oxygen atoms in total. The highest BCUT2D eigenvalue weighted by Crippen LogP contribution is 2.57. The van der Waals surface area contributed by atoms with E-state index in [0.717, 1.165) is 60.9 Å². The number of nitrogens with zero attached hydrogens (tertiary/aromatic N) is 1. The number of hydrogen-bond acceptors (Lipinski definition) is 5. The van der Waals surface area contributed by atoms with Gasteiger partial charge < -0.3 is 14.7 Å². The number of benzene rings is 3. The van der Waals surface area contributed by atoms with Crippen LogP contribution in [0.15, 0.2) is 89.7 Å². The molecule has 0 aromatic heterocycles. The minimum atomic E-state index is -4.03. The zero-order chi connectivity index (χ0) is 34.0. The molecule has 4 aliphatic rings. The van der Waals surface area contributed by atoms with E-state index in [2.05, 4.69) is 80.3 Å². The fourth-order valence-electron chi connectivity index (χ4n) is 8.85. The van der Waals surface area contributed by atoms with Crippen LogP contribution in [-0.2, 0) is 43.3 Å². The number of unbranched alkanes of at least 4 members (excludes halogenated alkanes) is 1. The highest BCUT2D eigenvalue weighted by molar-refractivity contribution is 7.85. The highest BCUT2D eigenvalue weighted by atomic mass is 32.2. The van der Waals surface area contributed by atoms with E-state index in [-0.39, 0.29) is 24.4 Å². The number of carboxylic acids is 1. The second-order valence-electron chi connectivity index (χ2n) is 14.8. The van der Waals surface area contributed by atoms with Gasteiger partial charge in [-0.3, -0.25) is 9.35 Å². The van der Waals surface area contributed by atoms with Crippen LogP contribution in [0.5, 0.6) is 0 Å². The molecule has 0 spiro atoms. The number of aliphatic carboxylic acids is 1. The minimum Gasteiger partial charge on any atom is -0.481 e. The Balaban J connectivity index is 1.37. The first kappa shape index (κ1) is 32.8. The first-order valence-electron chi connectivity index (χ1n) is 17.2. The Hall–Kier alpha value is -3.72. The Kier molecular flexibility index (Phi) is 8.21. The predicted octanol–water partition coefficient (Wildman–Crippen LogP) is 7.82. The number of ether oxygens (including phenoxy) is 1. The van der Waals surface area contributed by atoms with Gasteiger partial charge in [-0.15, -0.1) is 0 Å². The van der Waals surface area contributed by atoms with Crippen LogP contribution in [0, 0.1) is 0 Å². The van der Waals surface area contributed by atoms with E-state index in [0.29, 0.717) is 12.8 Å². The average molecular weight is 668 g/mol. The van der Waals surface area contributed by atoms with Crippen LogP contribution in [0.4, 0.5) is 5.69 Å². The predicted molar refractivity (Wildman–Crippen MR) is 190 cm³/mol. The summed E-state index contributed by atoms with van der Waals surface area (Å²) in [7, 11) is -4.03. The van der Waals surface area contributed by atoms with Crippen molar-refractivity contribution in [1.82, 2.24) is 0 Å². The standard InChI is InChI=1S/C40H45NO6S/c1-25-30-24-31-35(47-34(30)13-9-11-28-15-14-26(23-36(42)43)22-33(28)39(25,2)3)18-20-41-37-29-12-6-5-10-27(29)16-17-32(37)40(4,38(31)41)19-7-8-21-48(44,45)46/h5-6,10,12,14-17,22,24,34-35H,1,7-9,11,13,18-21,23H2,2-4H3,(H,42,43)(H,44,45,46). The number of fused-ring (bicyclic) bond motifs is 8. The van der Waals surface area contributed by atoms with Crippen LogP contribution in [0.2, 0.25) is 0 Å². The molecule has 1 aliphatic carbocycles. The lowest BCUT2D eigenvalue weighted by Gasteiger charge is -2.44. The van der Waals surface area contributed by atoms with Gasteiger partial charge in [-0.1, -0.05) is 81.4 Å². The van der Waals surface area contributed by atoms with E-state index in [1.54, 1.807) is 0 Å². The van der Waals surface area contributed by atoms with Crippen molar-refractivity contribution in [2.45, 2.75) is 95.2 Å². The second-order valence-corrected chi connectivity index (χ2v) is 16.3. The second kappa shape index (κ2) is 12.0. The molecule has 0 amide bonds. The first-order valence-corrected chi connectivity index (χ1v) is 18.8. The van der Waals surface area contributed by atoms with Gasteiger partial charge in [-0.05, 0) is 90.3 Å². The zero-order valence-corrected chi connectivity index (χ0v) is 28.9. The maximum absolute atomic E-state index is 11.6. The Morgan fingerprint density at radius 3 is 2.58 bits per heavy atom. The normalized spacial score (nSPS) is 24.8. The molecule has 3 atom stereocenters. The highest BCUT2D eigenvalue weighted by Gasteiger charge is 2.50. The molecule has 0 fully saturated rings. The topological polar surface area (TPSA) is 104 Å². The summed E-state index contributed by atoms with van der Waals surface area (Å²) in [5, 5.41) is 11.9. The largest absolute Gasteiger partial charge is 0.481 e. The molecule has 3 aliphatic heterocycles. The summed E-state index contributed by atoms with van der Waals surface area (Å²) in [4.78, 5) is 14.1. The van der Waals surface area contributed by atoms with Crippen molar-refractivity contribution in [2.75, 3.05) is 17.2 Å². The maximum Gasteiger partial charge on any atom is 0.307 e. The van der Waals surface area contributed by atoms with Crippen molar-refractivity contribution in [3.63, 3.8) is 0 Å². The van der Waals surface area contributed by atoms with Crippen LogP contribution in [-0.4, -0.2) is 48.6 Å². The molecule has 48 heavy (non-hydrogen) atoms. The number of allylic oxidation sites excluding steroid dienone is 1. The van der Waals surface area contributed by atoms with Crippen LogP contribution < -0.4 is 4.90 Å². The van der Waals surface area contributed by atoms with E-state index < -0.39 is 26.9 Å². The number of carbonyl (C=O) groups is 1. The Labute approximate surface area is 283 Å². The van der Waals surface area contributed by atoms with Gasteiger partial charge in [-0.25, -0.2) is 0 Å². The summed E-state index contributed by atoms with van der Waals surface area (Å²) in [6, 6.07) is 19.0. The van der Waals surface area contributed by atoms with Gasteiger partial charge >= 0.3 is 5.97 Å². The summed E-state index contributed by atoms with van der Waals surface area (Å²) >= 11 is 0. The van der Waals surface area contributed by atoms with Crippen molar-refractivity contribution >= 4 is 32.5 Å². The van der Waals surface area contributed by atoms with Crippen molar-refractivity contribution in [1.29, 1.82) is 0 Å². The van der Waals surface area contributed by atoms with Crippen LogP contribution >= 0.6 is 0 Å². The van der Waals surface area contributed by atoms with Gasteiger partial charge in [0.2, 0.25) is 0 Å². The molecule has 0 bridgehead atoms. The molecule has 3 heterocycles. The zero-order valence-electron chi connectivity index (χ0n) is 28.1. The fraction of sp³-hybridized carbons (Fsp3) is 0.425. The molecule has 3 aromatic carbocycles. The number of rotatable bonds is 7. The van der Waals surface area contributed by atoms with Gasteiger partial charge in [0.25, 0.3) is 10.1 Å². The lowest BCUT2D eigenvalue weighted by molar-refractivity contribution is -0.136. The summed E-state index contributed by atoms with van der Waals surface area (Å²) < 4.78 is 39.7. The van der Waals surface area contributed by atoms with Crippen molar-refractivity contribution < 1.29 is 27.6 Å². The average Bonchev–Trinajstić information content (AvgIpc) is 3.31. The van der Waals surface area contributed by atoms with Gasteiger partial charge in [0, 0.05) is 34.0 Å². The lowest BCUT2D eigenvalue weighted by Crippen LogP contribution is -2.43. The molecule has 0 saturated heterocycles. The third-order valence-electron chi connectivity index (χ3n) is 11.3. The number of aryl methyl sites for hydroxylation is 1. The van der Waals surface area contributed by atoms with Crippen LogP contribution in [0.25, 0.3) is 10.8 Å². The first-order chi connectivity index (χ1) is 22.8. The Morgan fingerprint density at radius 1 is 1.02 bits per heavy atom. The van der Waals surface area contributed by atoms with E-state index in [1.165, 1.54) is 38.9 Å². The number of carboxylic acid groups (broad SMARTS) is 1. The summed E-state index contributed by atoms with van der Waals surface area (Å²) in [6.45, 7) is 12.2. The summed E-state index contributed by atoms with van der Waals surface area (Å²) in [6.07, 6.45) is 7.52. The maximum atomic E-state index is 11.6.